The number of aryl methyl sites for hydroxylation is 1. The van der Waals surface area contributed by atoms with Crippen LogP contribution in [0, 0.1) is 12.8 Å². The van der Waals surface area contributed by atoms with Gasteiger partial charge in [0, 0.05) is 31.1 Å². The molecular weight excluding hydrogens is 426 g/mol. The van der Waals surface area contributed by atoms with Crippen LogP contribution in [0.1, 0.15) is 36.0 Å². The molecule has 5 rings (SSSR count). The number of amides is 1. The SMILES string of the molecule is COc1ccc(C)c2c1N(C(=O)C1CCN(C3=NS(=O)(=O)c4ccccc43)CC1)CCC2. The van der Waals surface area contributed by atoms with E-state index in [9.17, 15) is 13.2 Å². The second kappa shape index (κ2) is 7.92. The van der Waals surface area contributed by atoms with Crippen LogP contribution < -0.4 is 9.64 Å². The first-order valence-corrected chi connectivity index (χ1v) is 12.5. The number of carbonyl (C=O) groups excluding carboxylic acids is 1. The molecule has 0 spiro atoms. The third kappa shape index (κ3) is 3.37. The number of carbonyl (C=O) groups is 1. The van der Waals surface area contributed by atoms with Crippen molar-refractivity contribution in [3.05, 3.63) is 53.1 Å². The zero-order chi connectivity index (χ0) is 22.5. The third-order valence-electron chi connectivity index (χ3n) is 6.80. The minimum Gasteiger partial charge on any atom is -0.495 e. The fraction of sp³-hybridized carbons (Fsp3) is 0.417. The van der Waals surface area contributed by atoms with Crippen LogP contribution in [0.3, 0.4) is 0 Å². The molecule has 0 radical (unpaired) electrons. The number of nitrogens with zero attached hydrogens (tertiary/aromatic N) is 3. The Morgan fingerprint density at radius 2 is 1.84 bits per heavy atom. The highest BCUT2D eigenvalue weighted by molar-refractivity contribution is 7.90. The van der Waals surface area contributed by atoms with Gasteiger partial charge in [-0.1, -0.05) is 18.2 Å². The van der Waals surface area contributed by atoms with Gasteiger partial charge < -0.3 is 14.5 Å². The lowest BCUT2D eigenvalue weighted by Crippen LogP contribution is -2.46. The highest BCUT2D eigenvalue weighted by atomic mass is 32.2. The van der Waals surface area contributed by atoms with Crippen LogP contribution in [0.25, 0.3) is 0 Å². The van der Waals surface area contributed by atoms with Crippen molar-refractivity contribution in [2.45, 2.75) is 37.5 Å². The van der Waals surface area contributed by atoms with Gasteiger partial charge in [0.2, 0.25) is 5.91 Å². The Morgan fingerprint density at radius 1 is 1.09 bits per heavy atom. The van der Waals surface area contributed by atoms with Gasteiger partial charge in [-0.15, -0.1) is 4.40 Å². The number of benzene rings is 2. The second-order valence-electron chi connectivity index (χ2n) is 8.65. The molecule has 1 amide bonds. The molecule has 32 heavy (non-hydrogen) atoms. The second-order valence-corrected chi connectivity index (χ2v) is 10.2. The summed E-state index contributed by atoms with van der Waals surface area (Å²) in [6.45, 7) is 3.98. The average Bonchev–Trinajstić information content (AvgIpc) is 3.10. The molecule has 3 aliphatic heterocycles. The van der Waals surface area contributed by atoms with Gasteiger partial charge in [-0.25, -0.2) is 0 Å². The summed E-state index contributed by atoms with van der Waals surface area (Å²) in [6.07, 6.45) is 3.23. The lowest BCUT2D eigenvalue weighted by molar-refractivity contribution is -0.123. The van der Waals surface area contributed by atoms with Gasteiger partial charge in [-0.2, -0.15) is 8.42 Å². The Morgan fingerprint density at radius 3 is 2.59 bits per heavy atom. The van der Waals surface area contributed by atoms with E-state index in [-0.39, 0.29) is 16.7 Å². The minimum absolute atomic E-state index is 0.101. The monoisotopic (exact) mass is 453 g/mol. The number of ether oxygens (including phenoxy) is 1. The molecule has 8 heteroatoms. The maximum absolute atomic E-state index is 13.6. The number of anilines is 1. The first-order valence-electron chi connectivity index (χ1n) is 11.1. The Bertz CT molecular complexity index is 1210. The topological polar surface area (TPSA) is 79.3 Å². The molecule has 0 aromatic heterocycles. The summed E-state index contributed by atoms with van der Waals surface area (Å²) >= 11 is 0. The third-order valence-corrected chi connectivity index (χ3v) is 8.13. The van der Waals surface area contributed by atoms with E-state index in [2.05, 4.69) is 17.4 Å². The van der Waals surface area contributed by atoms with E-state index >= 15 is 0 Å². The standard InChI is InChI=1S/C24H27N3O4S/c1-16-9-10-20(31-2)22-18(16)7-5-13-27(22)24(28)17-11-14-26(15-12-17)23-19-6-3-4-8-21(19)32(29,30)25-23/h3-4,6,8-10,17H,5,7,11-15H2,1-2H3. The molecular formula is C24H27N3O4S. The lowest BCUT2D eigenvalue weighted by Gasteiger charge is -2.37. The number of rotatable bonds is 2. The van der Waals surface area contributed by atoms with Crippen molar-refractivity contribution >= 4 is 27.5 Å². The summed E-state index contributed by atoms with van der Waals surface area (Å²) in [5.41, 5.74) is 3.96. The van der Waals surface area contributed by atoms with Crippen molar-refractivity contribution in [1.29, 1.82) is 0 Å². The smallest absolute Gasteiger partial charge is 0.285 e. The summed E-state index contributed by atoms with van der Waals surface area (Å²) in [6, 6.07) is 10.9. The van der Waals surface area contributed by atoms with Crippen LogP contribution in [-0.4, -0.2) is 51.8 Å². The van der Waals surface area contributed by atoms with E-state index in [4.69, 9.17) is 4.74 Å². The van der Waals surface area contributed by atoms with E-state index in [1.165, 1.54) is 11.1 Å². The molecule has 2 aromatic carbocycles. The molecule has 0 unspecified atom stereocenters. The summed E-state index contributed by atoms with van der Waals surface area (Å²) in [5, 5.41) is 0. The molecule has 168 valence electrons. The largest absolute Gasteiger partial charge is 0.495 e. The van der Waals surface area contributed by atoms with Gasteiger partial charge in [0.15, 0.2) is 5.84 Å². The van der Waals surface area contributed by atoms with E-state index in [1.807, 2.05) is 21.9 Å². The molecule has 2 aromatic rings. The number of methoxy groups -OCH3 is 1. The molecule has 0 aliphatic carbocycles. The van der Waals surface area contributed by atoms with Crippen LogP contribution in [0.5, 0.6) is 5.75 Å². The molecule has 3 heterocycles. The Kier molecular flexibility index (Phi) is 5.20. The van der Waals surface area contributed by atoms with E-state index in [0.717, 1.165) is 24.3 Å². The first kappa shape index (κ1) is 21.0. The lowest BCUT2D eigenvalue weighted by atomic mass is 9.91. The first-order chi connectivity index (χ1) is 15.4. The predicted octanol–water partition coefficient (Wildman–Crippen LogP) is 3.14. The number of hydrogen-bond donors (Lipinski definition) is 0. The van der Waals surface area contributed by atoms with Gasteiger partial charge in [-0.3, -0.25) is 4.79 Å². The number of hydrogen-bond acceptors (Lipinski definition) is 5. The summed E-state index contributed by atoms with van der Waals surface area (Å²) in [4.78, 5) is 17.7. The van der Waals surface area contributed by atoms with Crippen molar-refractivity contribution in [3.63, 3.8) is 0 Å². The van der Waals surface area contributed by atoms with Crippen LogP contribution in [0.4, 0.5) is 5.69 Å². The molecule has 7 nitrogen and oxygen atoms in total. The highest BCUT2D eigenvalue weighted by Gasteiger charge is 2.37. The van der Waals surface area contributed by atoms with Crippen molar-refractivity contribution in [2.24, 2.45) is 10.3 Å². The molecule has 3 aliphatic rings. The Balaban J connectivity index is 1.35. The van der Waals surface area contributed by atoms with Gasteiger partial charge in [0.1, 0.15) is 10.6 Å². The molecule has 0 N–H and O–H groups in total. The molecule has 1 fully saturated rings. The van der Waals surface area contributed by atoms with Gasteiger partial charge in [-0.05, 0) is 61.9 Å². The Hall–Kier alpha value is -2.87. The summed E-state index contributed by atoms with van der Waals surface area (Å²) in [7, 11) is -1.99. The number of likely N-dealkylation sites (tertiary alicyclic amines) is 1. The fourth-order valence-corrected chi connectivity index (χ4v) is 6.34. The average molecular weight is 454 g/mol. The maximum atomic E-state index is 13.6. The van der Waals surface area contributed by atoms with Crippen molar-refractivity contribution in [2.75, 3.05) is 31.6 Å². The van der Waals surface area contributed by atoms with E-state index < -0.39 is 10.0 Å². The predicted molar refractivity (Wildman–Crippen MR) is 123 cm³/mol. The molecule has 0 atom stereocenters. The maximum Gasteiger partial charge on any atom is 0.285 e. The number of piperidine rings is 1. The van der Waals surface area contributed by atoms with Gasteiger partial charge in [0.05, 0.1) is 12.8 Å². The van der Waals surface area contributed by atoms with Gasteiger partial charge >= 0.3 is 0 Å². The van der Waals surface area contributed by atoms with Crippen LogP contribution in [-0.2, 0) is 21.2 Å². The van der Waals surface area contributed by atoms with Gasteiger partial charge in [0.25, 0.3) is 10.0 Å². The molecule has 0 saturated carbocycles. The van der Waals surface area contributed by atoms with Crippen LogP contribution in [0.2, 0.25) is 0 Å². The van der Waals surface area contributed by atoms with Crippen molar-refractivity contribution in [1.82, 2.24) is 4.90 Å². The normalized spacial score (nSPS) is 19.9. The highest BCUT2D eigenvalue weighted by Crippen LogP contribution is 2.40. The van der Waals surface area contributed by atoms with Crippen molar-refractivity contribution in [3.8, 4) is 5.75 Å². The zero-order valence-electron chi connectivity index (χ0n) is 18.4. The van der Waals surface area contributed by atoms with Crippen LogP contribution in [0.15, 0.2) is 45.7 Å². The molecule has 0 bridgehead atoms. The number of fused-ring (bicyclic) bond motifs is 2. The minimum atomic E-state index is -3.64. The van der Waals surface area contributed by atoms with Crippen molar-refractivity contribution < 1.29 is 17.9 Å². The van der Waals surface area contributed by atoms with Crippen LogP contribution >= 0.6 is 0 Å². The fourth-order valence-electron chi connectivity index (χ4n) is 5.11. The molecule has 1 saturated heterocycles. The summed E-state index contributed by atoms with van der Waals surface area (Å²) in [5.74, 6) is 1.29. The zero-order valence-corrected chi connectivity index (χ0v) is 19.2. The number of amidine groups is 1. The summed E-state index contributed by atoms with van der Waals surface area (Å²) < 4.78 is 34.4. The van der Waals surface area contributed by atoms with E-state index in [0.29, 0.717) is 43.9 Å². The van der Waals surface area contributed by atoms with E-state index in [1.54, 1.807) is 25.3 Å². The Labute approximate surface area is 188 Å². The number of sulfonamides is 1. The quantitative estimate of drug-likeness (QED) is 0.698.